The quantitative estimate of drug-likeness (QED) is 0.303. The molecule has 0 unspecified atom stereocenters. The van der Waals surface area contributed by atoms with E-state index < -0.39 is 28.5 Å². The van der Waals surface area contributed by atoms with E-state index in [1.54, 1.807) is 31.2 Å². The fraction of sp³-hybridized carbons (Fsp3) is 0.0952. The van der Waals surface area contributed by atoms with Gasteiger partial charge in [-0.1, -0.05) is 11.6 Å². The molecule has 0 bridgehead atoms. The fourth-order valence-corrected chi connectivity index (χ4v) is 3.29. The smallest absolute Gasteiger partial charge is 0.417 e. The van der Waals surface area contributed by atoms with Gasteiger partial charge in [0.15, 0.2) is 11.4 Å². The number of rotatable bonds is 4. The molecule has 0 saturated carbocycles. The van der Waals surface area contributed by atoms with Crippen LogP contribution in [0.25, 0.3) is 11.2 Å². The number of pyridine rings is 1. The molecule has 8 nitrogen and oxygen atoms in total. The number of aryl methyl sites for hydroxylation is 1. The molecule has 2 aromatic carbocycles. The van der Waals surface area contributed by atoms with Crippen molar-refractivity contribution in [2.75, 3.05) is 10.6 Å². The molecule has 33 heavy (non-hydrogen) atoms. The normalized spacial score (nSPS) is 11.4. The SMILES string of the molecule is Cc1cc(Oc2ccnc3[nH]c(=O)[nH]c23)ccc1NC(=O)Nc1ccc(Cl)c(C(F)(F)F)c1. The van der Waals surface area contributed by atoms with Gasteiger partial charge in [0.1, 0.15) is 11.3 Å². The number of nitrogens with zero attached hydrogens (tertiary/aromatic N) is 1. The second kappa shape index (κ2) is 8.51. The molecule has 4 rings (SSSR count). The van der Waals surface area contributed by atoms with Crippen molar-refractivity contribution in [2.24, 2.45) is 0 Å². The minimum atomic E-state index is -4.65. The molecule has 170 valence electrons. The highest BCUT2D eigenvalue weighted by Gasteiger charge is 2.33. The molecule has 0 aliphatic heterocycles. The number of hydrogen-bond acceptors (Lipinski definition) is 4. The Morgan fingerprint density at radius 1 is 1.09 bits per heavy atom. The van der Waals surface area contributed by atoms with Crippen LogP contribution in [0.15, 0.2) is 53.5 Å². The van der Waals surface area contributed by atoms with E-state index in [0.717, 1.165) is 12.1 Å². The number of halogens is 4. The van der Waals surface area contributed by atoms with Crippen LogP contribution in [0.1, 0.15) is 11.1 Å². The molecule has 12 heteroatoms. The van der Waals surface area contributed by atoms with E-state index in [2.05, 4.69) is 25.6 Å². The van der Waals surface area contributed by atoms with E-state index in [4.69, 9.17) is 16.3 Å². The molecule has 0 aliphatic rings. The first kappa shape index (κ1) is 22.2. The van der Waals surface area contributed by atoms with Gasteiger partial charge >= 0.3 is 17.9 Å². The maximum atomic E-state index is 13.0. The van der Waals surface area contributed by atoms with Crippen LogP contribution >= 0.6 is 11.6 Å². The molecular weight excluding hydrogens is 463 g/mol. The van der Waals surface area contributed by atoms with Gasteiger partial charge in [-0.05, 0) is 48.9 Å². The summed E-state index contributed by atoms with van der Waals surface area (Å²) in [4.78, 5) is 33.0. The van der Waals surface area contributed by atoms with Gasteiger partial charge in [-0.3, -0.25) is 4.98 Å². The van der Waals surface area contributed by atoms with Gasteiger partial charge in [0.05, 0.1) is 10.6 Å². The van der Waals surface area contributed by atoms with Gasteiger partial charge in [-0.15, -0.1) is 0 Å². The largest absolute Gasteiger partial charge is 0.455 e. The van der Waals surface area contributed by atoms with E-state index in [9.17, 15) is 22.8 Å². The Bertz CT molecular complexity index is 1410. The molecule has 2 amide bonds. The van der Waals surface area contributed by atoms with E-state index in [1.807, 2.05) is 0 Å². The summed E-state index contributed by atoms with van der Waals surface area (Å²) in [6.45, 7) is 1.72. The lowest BCUT2D eigenvalue weighted by Gasteiger charge is -2.14. The molecule has 0 spiro atoms. The first-order valence-corrected chi connectivity index (χ1v) is 9.78. The van der Waals surface area contributed by atoms with Crippen LogP contribution in [0.4, 0.5) is 29.3 Å². The summed E-state index contributed by atoms with van der Waals surface area (Å²) in [7, 11) is 0. The lowest BCUT2D eigenvalue weighted by Crippen LogP contribution is -2.20. The number of ether oxygens (including phenoxy) is 1. The first-order valence-electron chi connectivity index (χ1n) is 9.40. The van der Waals surface area contributed by atoms with Crippen molar-refractivity contribution in [2.45, 2.75) is 13.1 Å². The molecule has 2 aromatic heterocycles. The standard InChI is InChI=1S/C21H15ClF3N5O3/c1-10-8-12(33-16-6-7-26-18-17(16)29-20(32)30-18)3-5-15(10)28-19(31)27-11-2-4-14(22)13(9-11)21(23,24)25/h2-9H,1H3,(H2,27,28,31)(H2,26,29,30,32). The average molecular weight is 478 g/mol. The number of imidazole rings is 1. The van der Waals surface area contributed by atoms with Crippen molar-refractivity contribution in [3.8, 4) is 11.5 Å². The number of aromatic nitrogens is 3. The van der Waals surface area contributed by atoms with E-state index in [0.29, 0.717) is 33.9 Å². The zero-order valence-corrected chi connectivity index (χ0v) is 17.6. The van der Waals surface area contributed by atoms with Gasteiger partial charge < -0.3 is 20.4 Å². The van der Waals surface area contributed by atoms with Gasteiger partial charge in [0.2, 0.25) is 0 Å². The Morgan fingerprint density at radius 3 is 2.61 bits per heavy atom. The van der Waals surface area contributed by atoms with Crippen molar-refractivity contribution < 1.29 is 22.7 Å². The highest BCUT2D eigenvalue weighted by Crippen LogP contribution is 2.36. The number of carbonyl (C=O) groups excluding carboxylic acids is 1. The van der Waals surface area contributed by atoms with E-state index >= 15 is 0 Å². The molecule has 0 aliphatic carbocycles. The predicted octanol–water partition coefficient (Wildman–Crippen LogP) is 5.67. The molecule has 0 atom stereocenters. The number of urea groups is 1. The van der Waals surface area contributed by atoms with Gasteiger partial charge in [0.25, 0.3) is 0 Å². The number of aromatic amines is 2. The maximum absolute atomic E-state index is 13.0. The average Bonchev–Trinajstić information content (AvgIpc) is 3.12. The maximum Gasteiger partial charge on any atom is 0.417 e. The second-order valence-corrected chi connectivity index (χ2v) is 7.37. The van der Waals surface area contributed by atoms with Crippen molar-refractivity contribution in [1.29, 1.82) is 0 Å². The molecule has 4 N–H and O–H groups in total. The number of H-pyrrole nitrogens is 2. The number of hydrogen-bond donors (Lipinski definition) is 4. The lowest BCUT2D eigenvalue weighted by molar-refractivity contribution is -0.137. The summed E-state index contributed by atoms with van der Waals surface area (Å²) in [5.74, 6) is 0.805. The van der Waals surface area contributed by atoms with E-state index in [1.165, 1.54) is 12.3 Å². The Balaban J connectivity index is 1.47. The number of carbonyl (C=O) groups is 1. The van der Waals surface area contributed by atoms with Crippen LogP contribution in [-0.4, -0.2) is 21.0 Å². The predicted molar refractivity (Wildman–Crippen MR) is 117 cm³/mol. The summed E-state index contributed by atoms with van der Waals surface area (Å²) in [6, 6.07) is 8.75. The molecule has 0 saturated heterocycles. The number of anilines is 2. The molecular formula is C21H15ClF3N5O3. The molecule has 0 radical (unpaired) electrons. The van der Waals surface area contributed by atoms with Crippen molar-refractivity contribution in [1.82, 2.24) is 15.0 Å². The molecule has 2 heterocycles. The Morgan fingerprint density at radius 2 is 1.88 bits per heavy atom. The third-order valence-electron chi connectivity index (χ3n) is 4.59. The van der Waals surface area contributed by atoms with Crippen LogP contribution in [0, 0.1) is 6.92 Å². The fourth-order valence-electron chi connectivity index (χ4n) is 3.07. The third kappa shape index (κ3) is 4.93. The minimum absolute atomic E-state index is 0.0657. The van der Waals surface area contributed by atoms with Crippen LogP contribution in [0.2, 0.25) is 5.02 Å². The number of alkyl halides is 3. The summed E-state index contributed by atoms with van der Waals surface area (Å²) in [5, 5.41) is 4.46. The van der Waals surface area contributed by atoms with Crippen molar-refractivity contribution in [3.05, 3.63) is 75.3 Å². The zero-order chi connectivity index (χ0) is 23.8. The Hall–Kier alpha value is -3.99. The zero-order valence-electron chi connectivity index (χ0n) is 16.8. The van der Waals surface area contributed by atoms with Crippen LogP contribution in [-0.2, 0) is 6.18 Å². The van der Waals surface area contributed by atoms with E-state index in [-0.39, 0.29) is 5.69 Å². The summed E-state index contributed by atoms with van der Waals surface area (Å²) < 4.78 is 44.8. The number of benzene rings is 2. The highest BCUT2D eigenvalue weighted by atomic mass is 35.5. The number of amides is 2. The molecule has 4 aromatic rings. The topological polar surface area (TPSA) is 112 Å². The summed E-state index contributed by atoms with van der Waals surface area (Å²) in [6.07, 6.45) is -3.17. The number of fused-ring (bicyclic) bond motifs is 1. The van der Waals surface area contributed by atoms with Crippen molar-refractivity contribution in [3.63, 3.8) is 0 Å². The van der Waals surface area contributed by atoms with Crippen molar-refractivity contribution >= 4 is 40.2 Å². The summed E-state index contributed by atoms with van der Waals surface area (Å²) >= 11 is 5.59. The van der Waals surface area contributed by atoms with Gasteiger partial charge in [-0.25, -0.2) is 14.6 Å². The first-order chi connectivity index (χ1) is 15.6. The molecule has 0 fully saturated rings. The third-order valence-corrected chi connectivity index (χ3v) is 4.92. The summed E-state index contributed by atoms with van der Waals surface area (Å²) in [5.41, 5.74) is 0.265. The number of nitrogens with one attached hydrogen (secondary N) is 4. The minimum Gasteiger partial charge on any atom is -0.455 e. The highest BCUT2D eigenvalue weighted by molar-refractivity contribution is 6.31. The van der Waals surface area contributed by atoms with Gasteiger partial charge in [-0.2, -0.15) is 13.2 Å². The Labute approximate surface area is 188 Å². The van der Waals surface area contributed by atoms with Crippen LogP contribution < -0.4 is 21.1 Å². The van der Waals surface area contributed by atoms with Gasteiger partial charge in [0, 0.05) is 23.6 Å². The lowest BCUT2D eigenvalue weighted by atomic mass is 10.2. The second-order valence-electron chi connectivity index (χ2n) is 6.96. The van der Waals surface area contributed by atoms with Crippen LogP contribution in [0.3, 0.4) is 0 Å². The Kier molecular flexibility index (Phi) is 5.73. The monoisotopic (exact) mass is 477 g/mol. The van der Waals surface area contributed by atoms with Crippen LogP contribution in [0.5, 0.6) is 11.5 Å².